The maximum atomic E-state index is 11.4. The first-order valence-electron chi connectivity index (χ1n) is 5.98. The molecule has 0 N–H and O–H groups in total. The highest BCUT2D eigenvalue weighted by Crippen LogP contribution is 2.52. The topological polar surface area (TPSA) is 34.1 Å². The zero-order valence-electron chi connectivity index (χ0n) is 11.0. The fraction of sp³-hybridized carbons (Fsp3) is 0.714. The molecule has 0 fully saturated rings. The van der Waals surface area contributed by atoms with Crippen molar-refractivity contribution in [2.45, 2.75) is 53.9 Å². The minimum absolute atomic E-state index is 0.0792. The molecule has 90 valence electrons. The average molecular weight is 222 g/mol. The normalized spacial score (nSPS) is 19.9. The van der Waals surface area contributed by atoms with Crippen LogP contribution in [-0.4, -0.2) is 11.6 Å². The molecule has 1 atom stereocenters. The summed E-state index contributed by atoms with van der Waals surface area (Å²) in [4.78, 5) is 22.2. The first kappa shape index (κ1) is 13.1. The van der Waals surface area contributed by atoms with Crippen LogP contribution in [0.15, 0.2) is 11.1 Å². The maximum absolute atomic E-state index is 11.4. The number of hydrogen-bond acceptors (Lipinski definition) is 2. The molecule has 0 amide bonds. The first-order chi connectivity index (χ1) is 7.27. The smallest absolute Gasteiger partial charge is 0.141 e. The molecule has 2 nitrogen and oxygen atoms in total. The average Bonchev–Trinajstić information content (AvgIpc) is 2.76. The van der Waals surface area contributed by atoms with Gasteiger partial charge in [0.15, 0.2) is 0 Å². The van der Waals surface area contributed by atoms with Gasteiger partial charge in [-0.1, -0.05) is 25.0 Å². The minimum atomic E-state index is 0.0792. The summed E-state index contributed by atoms with van der Waals surface area (Å²) in [6.45, 7) is 9.69. The largest absolute Gasteiger partial charge is 0.300 e. The lowest BCUT2D eigenvalue weighted by molar-refractivity contribution is -0.118. The van der Waals surface area contributed by atoms with E-state index in [2.05, 4.69) is 13.8 Å². The molecule has 0 aromatic rings. The Morgan fingerprint density at radius 1 is 1.25 bits per heavy atom. The highest BCUT2D eigenvalue weighted by molar-refractivity contribution is 5.90. The Bertz CT molecular complexity index is 348. The van der Waals surface area contributed by atoms with E-state index in [-0.39, 0.29) is 22.9 Å². The van der Waals surface area contributed by atoms with Crippen molar-refractivity contribution < 1.29 is 9.59 Å². The van der Waals surface area contributed by atoms with Crippen LogP contribution in [0.5, 0.6) is 0 Å². The second-order valence-corrected chi connectivity index (χ2v) is 5.58. The molecule has 1 aliphatic carbocycles. The highest BCUT2D eigenvalue weighted by atomic mass is 16.1. The van der Waals surface area contributed by atoms with Gasteiger partial charge in [0.25, 0.3) is 0 Å². The molecular formula is C14H22O2. The number of ketones is 2. The zero-order chi connectivity index (χ0) is 12.5. The summed E-state index contributed by atoms with van der Waals surface area (Å²) >= 11 is 0. The highest BCUT2D eigenvalue weighted by Gasteiger charge is 2.44. The van der Waals surface area contributed by atoms with Crippen LogP contribution in [0.4, 0.5) is 0 Å². The van der Waals surface area contributed by atoms with Crippen LogP contribution in [0.3, 0.4) is 0 Å². The Morgan fingerprint density at radius 3 is 2.19 bits per heavy atom. The van der Waals surface area contributed by atoms with Gasteiger partial charge in [-0.05, 0) is 39.0 Å². The summed E-state index contributed by atoms with van der Waals surface area (Å²) in [6, 6.07) is 0. The molecule has 0 saturated heterocycles. The van der Waals surface area contributed by atoms with Crippen molar-refractivity contribution in [3.05, 3.63) is 11.1 Å². The fourth-order valence-corrected chi connectivity index (χ4v) is 2.68. The van der Waals surface area contributed by atoms with Crippen LogP contribution in [0.1, 0.15) is 53.9 Å². The predicted octanol–water partition coefficient (Wildman–Crippen LogP) is 3.31. The van der Waals surface area contributed by atoms with Crippen molar-refractivity contribution in [3.8, 4) is 0 Å². The third-order valence-electron chi connectivity index (χ3n) is 3.53. The summed E-state index contributed by atoms with van der Waals surface area (Å²) < 4.78 is 0. The van der Waals surface area contributed by atoms with Crippen LogP contribution in [0, 0.1) is 11.3 Å². The van der Waals surface area contributed by atoms with Crippen LogP contribution in [0.2, 0.25) is 0 Å². The Hall–Kier alpha value is -0.920. The summed E-state index contributed by atoms with van der Waals surface area (Å²) in [5.41, 5.74) is 2.64. The molecular weight excluding hydrogens is 200 g/mol. The van der Waals surface area contributed by atoms with Crippen molar-refractivity contribution in [1.82, 2.24) is 0 Å². The third-order valence-corrected chi connectivity index (χ3v) is 3.53. The van der Waals surface area contributed by atoms with E-state index < -0.39 is 0 Å². The second-order valence-electron chi connectivity index (χ2n) is 5.58. The number of rotatable bonds is 6. The van der Waals surface area contributed by atoms with Crippen LogP contribution in [-0.2, 0) is 9.59 Å². The number of Topliss-reactive ketones (excluding diaryl/α,β-unsaturated/α-hetero) is 2. The van der Waals surface area contributed by atoms with Gasteiger partial charge < -0.3 is 4.79 Å². The van der Waals surface area contributed by atoms with Gasteiger partial charge in [-0.2, -0.15) is 0 Å². The lowest BCUT2D eigenvalue weighted by atomic mass is 9.82. The van der Waals surface area contributed by atoms with Crippen LogP contribution in [0.25, 0.3) is 0 Å². The Kier molecular flexibility index (Phi) is 3.72. The second kappa shape index (κ2) is 4.52. The van der Waals surface area contributed by atoms with Gasteiger partial charge in [0.05, 0.1) is 5.92 Å². The van der Waals surface area contributed by atoms with E-state index in [1.807, 2.05) is 6.92 Å². The standard InChI is InChI=1S/C14H22O2/c1-9(15)7-6-8-14(4,5)13-10(2)12(13)11(3)16/h12H,6-8H2,1-5H3. The molecule has 16 heavy (non-hydrogen) atoms. The van der Waals surface area contributed by atoms with Gasteiger partial charge in [-0.15, -0.1) is 0 Å². The SMILES string of the molecule is CC(=O)CCCC(C)(C)C1=C(C)C1C(C)=O. The first-order valence-corrected chi connectivity index (χ1v) is 5.98. The molecule has 0 aromatic heterocycles. The van der Waals surface area contributed by atoms with E-state index in [0.29, 0.717) is 6.42 Å². The number of allylic oxidation sites excluding steroid dienone is 2. The Balaban J connectivity index is 2.52. The number of hydrogen-bond donors (Lipinski definition) is 0. The number of carbonyl (C=O) groups is 2. The molecule has 0 bridgehead atoms. The van der Waals surface area contributed by atoms with Gasteiger partial charge in [0.2, 0.25) is 0 Å². The lowest BCUT2D eigenvalue weighted by Gasteiger charge is -2.22. The van der Waals surface area contributed by atoms with Gasteiger partial charge in [-0.25, -0.2) is 0 Å². The van der Waals surface area contributed by atoms with E-state index in [1.54, 1.807) is 13.8 Å². The molecule has 1 rings (SSSR count). The van der Waals surface area contributed by atoms with Gasteiger partial charge in [0, 0.05) is 6.42 Å². The summed E-state index contributed by atoms with van der Waals surface area (Å²) in [6.07, 6.45) is 2.56. The van der Waals surface area contributed by atoms with Crippen molar-refractivity contribution in [2.24, 2.45) is 11.3 Å². The molecule has 1 unspecified atom stereocenters. The molecule has 0 heterocycles. The monoisotopic (exact) mass is 222 g/mol. The van der Waals surface area contributed by atoms with Crippen molar-refractivity contribution in [3.63, 3.8) is 0 Å². The van der Waals surface area contributed by atoms with Crippen LogP contribution < -0.4 is 0 Å². The Labute approximate surface area is 98.1 Å². The molecule has 0 saturated carbocycles. The predicted molar refractivity (Wildman–Crippen MR) is 65.2 cm³/mol. The van der Waals surface area contributed by atoms with E-state index in [0.717, 1.165) is 12.8 Å². The lowest BCUT2D eigenvalue weighted by Crippen LogP contribution is -2.14. The van der Waals surface area contributed by atoms with E-state index in [4.69, 9.17) is 0 Å². The molecule has 0 radical (unpaired) electrons. The maximum Gasteiger partial charge on any atom is 0.141 e. The molecule has 2 heteroatoms. The number of carbonyl (C=O) groups excluding carboxylic acids is 2. The molecule has 0 aromatic carbocycles. The molecule has 0 spiro atoms. The van der Waals surface area contributed by atoms with E-state index >= 15 is 0 Å². The summed E-state index contributed by atoms with van der Waals surface area (Å²) in [5, 5.41) is 0. The molecule has 1 aliphatic rings. The van der Waals surface area contributed by atoms with Gasteiger partial charge >= 0.3 is 0 Å². The van der Waals surface area contributed by atoms with Crippen molar-refractivity contribution in [2.75, 3.05) is 0 Å². The Morgan fingerprint density at radius 2 is 1.81 bits per heavy atom. The summed E-state index contributed by atoms with van der Waals surface area (Å²) in [7, 11) is 0. The molecule has 0 aliphatic heterocycles. The van der Waals surface area contributed by atoms with E-state index in [9.17, 15) is 9.59 Å². The zero-order valence-corrected chi connectivity index (χ0v) is 11.0. The quantitative estimate of drug-likeness (QED) is 0.646. The van der Waals surface area contributed by atoms with Crippen LogP contribution >= 0.6 is 0 Å². The van der Waals surface area contributed by atoms with Gasteiger partial charge in [0.1, 0.15) is 11.6 Å². The van der Waals surface area contributed by atoms with Crippen molar-refractivity contribution in [1.29, 1.82) is 0 Å². The minimum Gasteiger partial charge on any atom is -0.300 e. The third kappa shape index (κ3) is 2.81. The van der Waals surface area contributed by atoms with E-state index in [1.165, 1.54) is 11.1 Å². The van der Waals surface area contributed by atoms with Gasteiger partial charge in [-0.3, -0.25) is 4.79 Å². The summed E-state index contributed by atoms with van der Waals surface area (Å²) in [5.74, 6) is 0.611. The fourth-order valence-electron chi connectivity index (χ4n) is 2.68. The van der Waals surface area contributed by atoms with Crippen molar-refractivity contribution >= 4 is 11.6 Å².